The summed E-state index contributed by atoms with van der Waals surface area (Å²) in [6.45, 7) is 4.79. The minimum atomic E-state index is -0.196. The second-order valence-electron chi connectivity index (χ2n) is 6.97. The number of carbonyl (C=O) groups is 1. The van der Waals surface area contributed by atoms with Crippen LogP contribution in [0.2, 0.25) is 0 Å². The van der Waals surface area contributed by atoms with Crippen molar-refractivity contribution in [3.63, 3.8) is 0 Å². The van der Waals surface area contributed by atoms with Crippen LogP contribution in [0.1, 0.15) is 93.5 Å². The molecule has 0 amide bonds. The molecule has 0 heterocycles. The molecule has 23 heavy (non-hydrogen) atoms. The zero-order valence-corrected chi connectivity index (χ0v) is 14.9. The topological polar surface area (TPSA) is 26.3 Å². The molecule has 1 aromatic carbocycles. The Morgan fingerprint density at radius 3 is 2.30 bits per heavy atom. The first-order valence-electron chi connectivity index (χ1n) is 9.51. The third-order valence-corrected chi connectivity index (χ3v) is 5.12. The van der Waals surface area contributed by atoms with E-state index in [9.17, 15) is 4.79 Å². The van der Waals surface area contributed by atoms with Crippen molar-refractivity contribution < 1.29 is 9.53 Å². The summed E-state index contributed by atoms with van der Waals surface area (Å²) in [7, 11) is 0. The van der Waals surface area contributed by atoms with Crippen LogP contribution in [0.25, 0.3) is 0 Å². The molecule has 1 saturated carbocycles. The molecule has 0 unspecified atom stereocenters. The van der Waals surface area contributed by atoms with Gasteiger partial charge in [-0.3, -0.25) is 0 Å². The molecule has 0 atom stereocenters. The maximum absolute atomic E-state index is 11.8. The lowest BCUT2D eigenvalue weighted by molar-refractivity contribution is 0.0505. The van der Waals surface area contributed by atoms with Crippen molar-refractivity contribution in [2.45, 2.75) is 77.6 Å². The maximum atomic E-state index is 11.8. The van der Waals surface area contributed by atoms with E-state index in [0.717, 1.165) is 12.3 Å². The van der Waals surface area contributed by atoms with E-state index in [1.54, 1.807) is 0 Å². The van der Waals surface area contributed by atoms with Gasteiger partial charge >= 0.3 is 5.97 Å². The number of ether oxygens (including phenoxy) is 1. The molecule has 0 N–H and O–H groups in total. The fourth-order valence-electron chi connectivity index (χ4n) is 3.64. The number of hydrogen-bond acceptors (Lipinski definition) is 2. The Balaban J connectivity index is 1.81. The predicted molar refractivity (Wildman–Crippen MR) is 95.9 cm³/mol. The fourth-order valence-corrected chi connectivity index (χ4v) is 3.64. The first-order valence-corrected chi connectivity index (χ1v) is 9.51. The minimum Gasteiger partial charge on any atom is -0.462 e. The maximum Gasteiger partial charge on any atom is 0.338 e. The van der Waals surface area contributed by atoms with E-state index in [0.29, 0.717) is 18.1 Å². The number of carbonyl (C=O) groups excluding carboxylic acids is 1. The van der Waals surface area contributed by atoms with Crippen LogP contribution in [0.3, 0.4) is 0 Å². The Hall–Kier alpha value is -1.31. The third kappa shape index (κ3) is 5.67. The Kier molecular flexibility index (Phi) is 7.64. The van der Waals surface area contributed by atoms with E-state index in [1.165, 1.54) is 56.9 Å². The summed E-state index contributed by atoms with van der Waals surface area (Å²) in [6, 6.07) is 8.12. The zero-order valence-electron chi connectivity index (χ0n) is 14.9. The van der Waals surface area contributed by atoms with Gasteiger partial charge < -0.3 is 4.74 Å². The quantitative estimate of drug-likeness (QED) is 0.427. The van der Waals surface area contributed by atoms with Crippen molar-refractivity contribution in [2.75, 3.05) is 6.61 Å². The molecule has 2 nitrogen and oxygen atoms in total. The van der Waals surface area contributed by atoms with Gasteiger partial charge in [-0.15, -0.1) is 0 Å². The van der Waals surface area contributed by atoms with Gasteiger partial charge in [-0.05, 0) is 61.6 Å². The Morgan fingerprint density at radius 1 is 1.00 bits per heavy atom. The van der Waals surface area contributed by atoms with Gasteiger partial charge in [-0.2, -0.15) is 0 Å². The van der Waals surface area contributed by atoms with Crippen molar-refractivity contribution in [3.8, 4) is 0 Å². The number of esters is 1. The van der Waals surface area contributed by atoms with E-state index < -0.39 is 0 Å². The summed E-state index contributed by atoms with van der Waals surface area (Å²) in [5, 5.41) is 0. The van der Waals surface area contributed by atoms with Crippen molar-refractivity contribution in [1.82, 2.24) is 0 Å². The molecule has 1 aromatic rings. The van der Waals surface area contributed by atoms with Gasteiger partial charge in [0.25, 0.3) is 0 Å². The molecule has 1 fully saturated rings. The largest absolute Gasteiger partial charge is 0.462 e. The second-order valence-corrected chi connectivity index (χ2v) is 6.97. The second kappa shape index (κ2) is 9.75. The molecule has 2 heteroatoms. The molecule has 2 rings (SSSR count). The lowest BCUT2D eigenvalue weighted by Gasteiger charge is -2.29. The smallest absolute Gasteiger partial charge is 0.338 e. The fraction of sp³-hybridized carbons (Fsp3) is 0.667. The molecule has 128 valence electrons. The molecule has 0 saturated heterocycles. The van der Waals surface area contributed by atoms with Crippen LogP contribution in [0.4, 0.5) is 0 Å². The minimum absolute atomic E-state index is 0.196. The number of unbranched alkanes of at least 4 members (excludes halogenated alkanes) is 2. The van der Waals surface area contributed by atoms with Crippen molar-refractivity contribution in [2.24, 2.45) is 5.92 Å². The summed E-state index contributed by atoms with van der Waals surface area (Å²) in [5.41, 5.74) is 2.07. The van der Waals surface area contributed by atoms with Gasteiger partial charge in [0.2, 0.25) is 0 Å². The number of rotatable bonds is 8. The summed E-state index contributed by atoms with van der Waals surface area (Å²) < 4.78 is 5.18. The van der Waals surface area contributed by atoms with Crippen LogP contribution in [0.5, 0.6) is 0 Å². The molecule has 0 aliphatic heterocycles. The van der Waals surface area contributed by atoms with Crippen molar-refractivity contribution >= 4 is 5.97 Å². The summed E-state index contributed by atoms with van der Waals surface area (Å²) in [5.74, 6) is 1.43. The van der Waals surface area contributed by atoms with Crippen LogP contribution in [0.15, 0.2) is 24.3 Å². The lowest BCUT2D eigenvalue weighted by atomic mass is 9.77. The van der Waals surface area contributed by atoms with Crippen LogP contribution in [0, 0.1) is 5.92 Å². The lowest BCUT2D eigenvalue weighted by Crippen LogP contribution is -2.13. The first kappa shape index (κ1) is 18.0. The molecule has 1 aliphatic rings. The standard InChI is InChI=1S/C21H32O2/c1-3-5-6-7-17-8-10-18(11-9-17)19-12-14-20(15-13-19)21(22)23-16-4-2/h12-15,17-18H,3-11,16H2,1-2H3/t17-,18-. The zero-order chi connectivity index (χ0) is 16.5. The number of benzene rings is 1. The van der Waals surface area contributed by atoms with E-state index >= 15 is 0 Å². The Bertz CT molecular complexity index is 455. The number of hydrogen-bond donors (Lipinski definition) is 0. The van der Waals surface area contributed by atoms with Crippen molar-refractivity contribution in [3.05, 3.63) is 35.4 Å². The average Bonchev–Trinajstić information content (AvgIpc) is 2.61. The molecule has 0 aromatic heterocycles. The first-order chi connectivity index (χ1) is 11.2. The molecule has 0 radical (unpaired) electrons. The van der Waals surface area contributed by atoms with Gasteiger partial charge in [0, 0.05) is 0 Å². The SMILES string of the molecule is CCCCC[C@H]1CC[C@H](c2ccc(C(=O)OCCC)cc2)CC1. The predicted octanol–water partition coefficient (Wildman–Crippen LogP) is 6.11. The third-order valence-electron chi connectivity index (χ3n) is 5.12. The highest BCUT2D eigenvalue weighted by atomic mass is 16.5. The van der Waals surface area contributed by atoms with E-state index in [4.69, 9.17) is 4.74 Å². The Morgan fingerprint density at radius 2 is 1.70 bits per heavy atom. The van der Waals surface area contributed by atoms with Gasteiger partial charge in [0.15, 0.2) is 0 Å². The van der Waals surface area contributed by atoms with Gasteiger partial charge in [-0.25, -0.2) is 4.79 Å². The highest BCUT2D eigenvalue weighted by Crippen LogP contribution is 2.37. The van der Waals surface area contributed by atoms with Crippen LogP contribution in [-0.2, 0) is 4.74 Å². The van der Waals surface area contributed by atoms with Gasteiger partial charge in [0.05, 0.1) is 12.2 Å². The molecule has 1 aliphatic carbocycles. The summed E-state index contributed by atoms with van der Waals surface area (Å²) >= 11 is 0. The highest BCUT2D eigenvalue weighted by molar-refractivity contribution is 5.89. The normalized spacial score (nSPS) is 21.1. The monoisotopic (exact) mass is 316 g/mol. The van der Waals surface area contributed by atoms with Gasteiger partial charge in [0.1, 0.15) is 0 Å². The van der Waals surface area contributed by atoms with E-state index in [2.05, 4.69) is 19.1 Å². The van der Waals surface area contributed by atoms with E-state index in [1.807, 2.05) is 19.1 Å². The molecular formula is C21H32O2. The molecular weight excluding hydrogens is 284 g/mol. The van der Waals surface area contributed by atoms with Gasteiger partial charge in [-0.1, -0.05) is 51.7 Å². The Labute approximate surface area is 141 Å². The van der Waals surface area contributed by atoms with Crippen molar-refractivity contribution in [1.29, 1.82) is 0 Å². The summed E-state index contributed by atoms with van der Waals surface area (Å²) in [6.07, 6.45) is 11.7. The van der Waals surface area contributed by atoms with E-state index in [-0.39, 0.29) is 5.97 Å². The molecule has 0 bridgehead atoms. The van der Waals surface area contributed by atoms with Crippen LogP contribution < -0.4 is 0 Å². The van der Waals surface area contributed by atoms with Crippen LogP contribution >= 0.6 is 0 Å². The highest BCUT2D eigenvalue weighted by Gasteiger charge is 2.22. The molecule has 0 spiro atoms. The van der Waals surface area contributed by atoms with Crippen LogP contribution in [-0.4, -0.2) is 12.6 Å². The average molecular weight is 316 g/mol. The summed E-state index contributed by atoms with van der Waals surface area (Å²) in [4.78, 5) is 11.8.